The lowest BCUT2D eigenvalue weighted by atomic mass is 9.82. The number of carbonyl (C=O) groups is 3. The number of nitrogens with zero attached hydrogens (tertiary/aromatic N) is 2. The van der Waals surface area contributed by atoms with Crippen molar-refractivity contribution >= 4 is 58.3 Å². The Morgan fingerprint density at radius 2 is 1.77 bits per heavy atom. The summed E-state index contributed by atoms with van der Waals surface area (Å²) in [5.41, 5.74) is 2.66. The summed E-state index contributed by atoms with van der Waals surface area (Å²) >= 11 is 3.69. The van der Waals surface area contributed by atoms with Crippen LogP contribution in [0.5, 0.6) is 5.75 Å². The number of amides is 3. The Labute approximate surface area is 338 Å². The van der Waals surface area contributed by atoms with Crippen LogP contribution in [0.25, 0.3) is 0 Å². The monoisotopic (exact) mass is 838 g/mol. The molecule has 0 saturated carbocycles. The number of aliphatic hydroxyl groups is 1. The van der Waals surface area contributed by atoms with Crippen LogP contribution in [0.1, 0.15) is 42.9 Å². The predicted molar refractivity (Wildman–Crippen MR) is 225 cm³/mol. The number of hydrogen-bond acceptors (Lipinski definition) is 7. The fourth-order valence-corrected chi connectivity index (χ4v) is 13.5. The van der Waals surface area contributed by atoms with Gasteiger partial charge in [-0.25, -0.2) is 0 Å². The van der Waals surface area contributed by atoms with Crippen molar-refractivity contribution in [3.63, 3.8) is 0 Å². The molecule has 0 bridgehead atoms. The summed E-state index contributed by atoms with van der Waals surface area (Å²) in [5, 5.41) is 17.5. The van der Waals surface area contributed by atoms with Crippen LogP contribution in [0.3, 0.4) is 0 Å². The van der Waals surface area contributed by atoms with Gasteiger partial charge in [0.25, 0.3) is 5.91 Å². The maximum Gasteiger partial charge on any atom is 0.264 e. The van der Waals surface area contributed by atoms with E-state index in [2.05, 4.69) is 58.7 Å². The van der Waals surface area contributed by atoms with Crippen LogP contribution in [0, 0.1) is 5.92 Å². The standard InChI is InChI=1S/C44H51BrN4O6Si/c1-29-41(56(3,4)35-19-17-34(54-2)18-20-35)39(26-40(51)48(23-24-50)27-30-9-6-5-7-10-30)55-44(29)36-25-32(45)14-21-38(36)49(43(44)53)28-31-12-15-33(16-13-31)47-42(52)37-11-8-22-46-37/h5-7,9-10,12-21,25,29,37,39,41,46,50H,8,11,22-24,26-28H2,1-4H3,(H,47,52)/t29-,37-,39+,41-,44+/m1/s1. The van der Waals surface area contributed by atoms with E-state index in [0.717, 1.165) is 52.0 Å². The van der Waals surface area contributed by atoms with Gasteiger partial charge in [-0.2, -0.15) is 0 Å². The SMILES string of the molecule is COc1ccc([Si](C)(C)[C@H]2[C@H](CC(=O)N(CCO)Cc3ccccc3)O[C@@]3(C(=O)N(Cc4ccc(NC(=O)[C@H]5CCCN5)cc4)c4ccc(Br)cc43)[C@@H]2C)cc1. The Balaban J connectivity index is 1.23. The van der Waals surface area contributed by atoms with E-state index >= 15 is 4.79 Å². The van der Waals surface area contributed by atoms with Crippen molar-refractivity contribution in [2.45, 2.75) is 75.7 Å². The Bertz CT molecular complexity index is 2040. The summed E-state index contributed by atoms with van der Waals surface area (Å²) in [6.45, 7) is 8.25. The van der Waals surface area contributed by atoms with E-state index in [1.165, 1.54) is 5.19 Å². The molecule has 4 aromatic rings. The molecule has 5 atom stereocenters. The Morgan fingerprint density at radius 3 is 2.43 bits per heavy atom. The van der Waals surface area contributed by atoms with Crippen molar-refractivity contribution in [2.24, 2.45) is 5.92 Å². The van der Waals surface area contributed by atoms with Crippen molar-refractivity contribution in [3.05, 3.63) is 118 Å². The van der Waals surface area contributed by atoms with Gasteiger partial charge >= 0.3 is 0 Å². The van der Waals surface area contributed by atoms with Gasteiger partial charge in [0.05, 0.1) is 52.6 Å². The lowest BCUT2D eigenvalue weighted by Gasteiger charge is -2.37. The van der Waals surface area contributed by atoms with Gasteiger partial charge in [0, 0.05) is 34.7 Å². The normalized spacial score (nSPS) is 23.0. The average Bonchev–Trinajstić information content (AvgIpc) is 3.90. The van der Waals surface area contributed by atoms with Gasteiger partial charge in [-0.1, -0.05) is 95.7 Å². The number of hydrogen-bond donors (Lipinski definition) is 3. The third kappa shape index (κ3) is 7.69. The highest BCUT2D eigenvalue weighted by Crippen LogP contribution is 2.60. The highest BCUT2D eigenvalue weighted by atomic mass is 79.9. The lowest BCUT2D eigenvalue weighted by molar-refractivity contribution is -0.150. The van der Waals surface area contributed by atoms with Crippen molar-refractivity contribution in [1.82, 2.24) is 10.2 Å². The van der Waals surface area contributed by atoms with Gasteiger partial charge < -0.3 is 35.0 Å². The number of methoxy groups -OCH3 is 1. The zero-order valence-corrected chi connectivity index (χ0v) is 35.1. The predicted octanol–water partition coefficient (Wildman–Crippen LogP) is 6.32. The maximum atomic E-state index is 15.3. The Morgan fingerprint density at radius 1 is 1.04 bits per heavy atom. The van der Waals surface area contributed by atoms with Crippen molar-refractivity contribution in [1.29, 1.82) is 0 Å². The van der Waals surface area contributed by atoms with Gasteiger partial charge in [-0.05, 0) is 78.5 Å². The van der Waals surface area contributed by atoms with Gasteiger partial charge in [-0.15, -0.1) is 0 Å². The van der Waals surface area contributed by atoms with Crippen LogP contribution in [0.15, 0.2) is 102 Å². The molecule has 0 radical (unpaired) electrons. The van der Waals surface area contributed by atoms with Gasteiger partial charge in [-0.3, -0.25) is 14.4 Å². The molecular formula is C44H51BrN4O6Si. The fraction of sp³-hybridized carbons (Fsp3) is 0.386. The average molecular weight is 840 g/mol. The third-order valence-electron chi connectivity index (χ3n) is 12.1. The van der Waals surface area contributed by atoms with Gasteiger partial charge in [0.1, 0.15) is 5.75 Å². The van der Waals surface area contributed by atoms with E-state index < -0.39 is 19.8 Å². The van der Waals surface area contributed by atoms with E-state index in [1.54, 1.807) is 12.0 Å². The molecule has 0 unspecified atom stereocenters. The molecule has 4 aromatic carbocycles. The highest BCUT2D eigenvalue weighted by molar-refractivity contribution is 9.10. The summed E-state index contributed by atoms with van der Waals surface area (Å²) in [5.74, 6) is 0.145. The topological polar surface area (TPSA) is 120 Å². The number of fused-ring (bicyclic) bond motifs is 2. The van der Waals surface area contributed by atoms with E-state index in [9.17, 15) is 14.7 Å². The molecule has 2 fully saturated rings. The van der Waals surface area contributed by atoms with E-state index in [0.29, 0.717) is 18.8 Å². The first-order valence-corrected chi connectivity index (χ1v) is 23.3. The Kier molecular flexibility index (Phi) is 11.9. The van der Waals surface area contributed by atoms with Crippen LogP contribution in [0.4, 0.5) is 11.4 Å². The molecule has 3 aliphatic heterocycles. The third-order valence-corrected chi connectivity index (χ3v) is 16.9. The lowest BCUT2D eigenvalue weighted by Crippen LogP contribution is -2.52. The minimum Gasteiger partial charge on any atom is -0.497 e. The number of ether oxygens (including phenoxy) is 2. The summed E-state index contributed by atoms with van der Waals surface area (Å²) in [4.78, 5) is 45.9. The van der Waals surface area contributed by atoms with Crippen LogP contribution in [0.2, 0.25) is 18.6 Å². The molecule has 3 amide bonds. The molecule has 56 heavy (non-hydrogen) atoms. The first-order valence-electron chi connectivity index (χ1n) is 19.5. The first-order chi connectivity index (χ1) is 27.0. The van der Waals surface area contributed by atoms with Crippen LogP contribution in [-0.2, 0) is 37.8 Å². The fourth-order valence-electron chi connectivity index (χ4n) is 9.17. The highest BCUT2D eigenvalue weighted by Gasteiger charge is 2.66. The molecule has 0 aromatic heterocycles. The number of benzene rings is 4. The van der Waals surface area contributed by atoms with Gasteiger partial charge in [0.2, 0.25) is 11.8 Å². The zero-order chi connectivity index (χ0) is 39.6. The second-order valence-corrected chi connectivity index (χ2v) is 21.4. The molecule has 3 N–H and O–H groups in total. The smallest absolute Gasteiger partial charge is 0.264 e. The van der Waals surface area contributed by atoms with Crippen LogP contribution in [-0.4, -0.2) is 74.8 Å². The minimum atomic E-state index is -2.51. The molecular weight excluding hydrogens is 788 g/mol. The molecule has 12 heteroatoms. The van der Waals surface area contributed by atoms with Crippen molar-refractivity contribution in [3.8, 4) is 5.75 Å². The quantitative estimate of drug-likeness (QED) is 0.135. The first kappa shape index (κ1) is 39.9. The van der Waals surface area contributed by atoms with E-state index in [-0.39, 0.29) is 54.8 Å². The molecule has 0 aliphatic carbocycles. The number of halogens is 1. The molecule has 3 aliphatic rings. The molecule has 3 heterocycles. The number of carbonyl (C=O) groups excluding carboxylic acids is 3. The molecule has 1 spiro atoms. The van der Waals surface area contributed by atoms with E-state index in [4.69, 9.17) is 9.47 Å². The second-order valence-electron chi connectivity index (χ2n) is 15.8. The molecule has 2 saturated heterocycles. The molecule has 294 valence electrons. The van der Waals surface area contributed by atoms with Crippen molar-refractivity contribution in [2.75, 3.05) is 37.0 Å². The Hall–Kier alpha value is -4.33. The number of aliphatic hydroxyl groups excluding tert-OH is 1. The number of anilines is 2. The number of nitrogens with one attached hydrogen (secondary N) is 2. The van der Waals surface area contributed by atoms with Crippen LogP contribution < -0.4 is 25.5 Å². The van der Waals surface area contributed by atoms with Crippen molar-refractivity contribution < 1.29 is 29.0 Å². The largest absolute Gasteiger partial charge is 0.497 e. The summed E-state index contributed by atoms with van der Waals surface area (Å²) in [7, 11) is -0.858. The maximum absolute atomic E-state index is 15.3. The second kappa shape index (κ2) is 16.6. The van der Waals surface area contributed by atoms with E-state index in [1.807, 2.05) is 89.8 Å². The minimum absolute atomic E-state index is 0.0398. The molecule has 7 rings (SSSR count). The number of rotatable bonds is 13. The summed E-state index contributed by atoms with van der Waals surface area (Å²) in [6, 6.07) is 31.3. The molecule has 10 nitrogen and oxygen atoms in total. The zero-order valence-electron chi connectivity index (χ0n) is 32.5. The van der Waals surface area contributed by atoms with Crippen LogP contribution >= 0.6 is 15.9 Å². The van der Waals surface area contributed by atoms with Gasteiger partial charge in [0.15, 0.2) is 5.60 Å². The summed E-state index contributed by atoms with van der Waals surface area (Å²) < 4.78 is 13.6. The summed E-state index contributed by atoms with van der Waals surface area (Å²) in [6.07, 6.45) is 1.29.